The fraction of sp³-hybridized carbons (Fsp3) is 0.143. The van der Waals surface area contributed by atoms with Gasteiger partial charge in [-0.05, 0) is 36.7 Å². The van der Waals surface area contributed by atoms with Crippen molar-refractivity contribution in [2.24, 2.45) is 16.5 Å². The molecule has 0 saturated heterocycles. The van der Waals surface area contributed by atoms with E-state index >= 15 is 0 Å². The van der Waals surface area contributed by atoms with Crippen LogP contribution in [0, 0.1) is 0 Å². The number of hydrogen-bond acceptors (Lipinski definition) is 5. The molecule has 0 aliphatic carbocycles. The molecule has 0 aliphatic heterocycles. The number of aromatic amines is 1. The molecule has 0 aliphatic rings. The fourth-order valence-electron chi connectivity index (χ4n) is 2.99. The maximum atomic E-state index is 12.9. The molecule has 1 aromatic heterocycles. The number of imidazole rings is 1. The Bertz CT molecular complexity index is 1050. The van der Waals surface area contributed by atoms with Crippen LogP contribution in [-0.4, -0.2) is 34.2 Å². The number of amidine groups is 1. The van der Waals surface area contributed by atoms with Crippen LogP contribution in [0.5, 0.6) is 0 Å². The lowest BCUT2D eigenvalue weighted by Gasteiger charge is -2.17. The Kier molecular flexibility index (Phi) is 6.56. The van der Waals surface area contributed by atoms with Gasteiger partial charge < -0.3 is 27.5 Å². The Balaban J connectivity index is 1.82. The third-order valence-corrected chi connectivity index (χ3v) is 4.49. The maximum absolute atomic E-state index is 12.9. The number of anilines is 2. The summed E-state index contributed by atoms with van der Waals surface area (Å²) in [6, 6.07) is 14.2. The SMILES string of the molecule is NCCC(C(=O)Nc1ccc(N)c(C(N)=NC(=O)c2ncc[nH]2)c1)c1ccccc1. The molecule has 1 atom stereocenters. The van der Waals surface area contributed by atoms with E-state index in [1.165, 1.54) is 12.4 Å². The molecule has 2 aromatic carbocycles. The number of nitrogens with zero attached hydrogens (tertiary/aromatic N) is 2. The highest BCUT2D eigenvalue weighted by Crippen LogP contribution is 2.23. The van der Waals surface area contributed by atoms with Crippen LogP contribution in [0.15, 0.2) is 65.9 Å². The van der Waals surface area contributed by atoms with Crippen LogP contribution in [-0.2, 0) is 4.79 Å². The van der Waals surface area contributed by atoms with Crippen molar-refractivity contribution in [3.05, 3.63) is 77.9 Å². The summed E-state index contributed by atoms with van der Waals surface area (Å²) >= 11 is 0. The van der Waals surface area contributed by atoms with Gasteiger partial charge in [-0.3, -0.25) is 9.59 Å². The summed E-state index contributed by atoms with van der Waals surface area (Å²) in [5, 5.41) is 2.86. The van der Waals surface area contributed by atoms with E-state index in [0.29, 0.717) is 29.9 Å². The third-order valence-electron chi connectivity index (χ3n) is 4.49. The van der Waals surface area contributed by atoms with Gasteiger partial charge in [0.25, 0.3) is 0 Å². The van der Waals surface area contributed by atoms with E-state index in [1.807, 2.05) is 30.3 Å². The quantitative estimate of drug-likeness (QED) is 0.227. The number of aliphatic imine (C=N–C) groups is 1. The van der Waals surface area contributed by atoms with Crippen molar-refractivity contribution in [3.63, 3.8) is 0 Å². The molecule has 1 unspecified atom stereocenters. The lowest BCUT2D eigenvalue weighted by Crippen LogP contribution is -2.24. The van der Waals surface area contributed by atoms with Gasteiger partial charge in [0.15, 0.2) is 5.82 Å². The van der Waals surface area contributed by atoms with E-state index in [2.05, 4.69) is 20.3 Å². The van der Waals surface area contributed by atoms with Gasteiger partial charge in [0.05, 0.1) is 5.92 Å². The standard InChI is InChI=1S/C21H23N7O2/c22-9-8-15(13-4-2-1-3-5-13)20(29)27-14-6-7-17(23)16(12-14)18(24)28-21(30)19-25-10-11-26-19/h1-7,10-12,15H,8-9,22-23H2,(H,25,26)(H,27,29)(H2,24,28,30). The number of carbonyl (C=O) groups is 2. The van der Waals surface area contributed by atoms with Crippen LogP contribution in [0.2, 0.25) is 0 Å². The van der Waals surface area contributed by atoms with Crippen molar-refractivity contribution in [3.8, 4) is 0 Å². The second-order valence-corrected chi connectivity index (χ2v) is 6.57. The summed E-state index contributed by atoms with van der Waals surface area (Å²) in [4.78, 5) is 35.3. The Morgan fingerprint density at radius 2 is 1.93 bits per heavy atom. The third kappa shape index (κ3) is 4.89. The van der Waals surface area contributed by atoms with Gasteiger partial charge in [-0.2, -0.15) is 4.99 Å². The molecule has 9 nitrogen and oxygen atoms in total. The summed E-state index contributed by atoms with van der Waals surface area (Å²) in [6.45, 7) is 0.370. The van der Waals surface area contributed by atoms with Gasteiger partial charge in [-0.15, -0.1) is 0 Å². The first-order valence-electron chi connectivity index (χ1n) is 9.33. The van der Waals surface area contributed by atoms with E-state index in [9.17, 15) is 9.59 Å². The molecule has 8 N–H and O–H groups in total. The van der Waals surface area contributed by atoms with Crippen molar-refractivity contribution in [1.29, 1.82) is 0 Å². The second-order valence-electron chi connectivity index (χ2n) is 6.57. The van der Waals surface area contributed by atoms with E-state index < -0.39 is 11.8 Å². The minimum atomic E-state index is -0.626. The minimum Gasteiger partial charge on any atom is -0.398 e. The summed E-state index contributed by atoms with van der Waals surface area (Å²) in [7, 11) is 0. The van der Waals surface area contributed by atoms with Gasteiger partial charge in [-0.1, -0.05) is 30.3 Å². The van der Waals surface area contributed by atoms with Crippen LogP contribution >= 0.6 is 0 Å². The molecule has 0 bridgehead atoms. The van der Waals surface area contributed by atoms with Crippen LogP contribution in [0.4, 0.5) is 11.4 Å². The number of nitrogens with two attached hydrogens (primary N) is 3. The molecule has 3 aromatic rings. The lowest BCUT2D eigenvalue weighted by atomic mass is 9.94. The molecule has 154 valence electrons. The van der Waals surface area contributed by atoms with Crippen molar-refractivity contribution < 1.29 is 9.59 Å². The van der Waals surface area contributed by atoms with Crippen LogP contribution in [0.1, 0.15) is 34.1 Å². The first kappa shape index (κ1) is 20.7. The zero-order valence-corrected chi connectivity index (χ0v) is 16.2. The van der Waals surface area contributed by atoms with Crippen LogP contribution < -0.4 is 22.5 Å². The van der Waals surface area contributed by atoms with E-state index in [0.717, 1.165) is 5.56 Å². The number of benzene rings is 2. The van der Waals surface area contributed by atoms with Gasteiger partial charge in [0.2, 0.25) is 5.91 Å². The van der Waals surface area contributed by atoms with Crippen LogP contribution in [0.3, 0.4) is 0 Å². The highest BCUT2D eigenvalue weighted by Gasteiger charge is 2.20. The average Bonchev–Trinajstić information content (AvgIpc) is 3.29. The topological polar surface area (TPSA) is 165 Å². The van der Waals surface area contributed by atoms with Crippen molar-refractivity contribution in [2.75, 3.05) is 17.6 Å². The Hall–Kier alpha value is -3.98. The molecule has 9 heteroatoms. The summed E-state index contributed by atoms with van der Waals surface area (Å²) < 4.78 is 0. The molecule has 0 spiro atoms. The first-order valence-corrected chi connectivity index (χ1v) is 9.33. The number of H-pyrrole nitrogens is 1. The smallest absolute Gasteiger partial charge is 0.314 e. The molecule has 0 saturated carbocycles. The van der Waals surface area contributed by atoms with E-state index in [4.69, 9.17) is 17.2 Å². The zero-order valence-electron chi connectivity index (χ0n) is 16.2. The number of hydrogen-bond donors (Lipinski definition) is 5. The predicted molar refractivity (Wildman–Crippen MR) is 116 cm³/mol. The highest BCUT2D eigenvalue weighted by atomic mass is 16.2. The summed E-state index contributed by atoms with van der Waals surface area (Å²) in [6.07, 6.45) is 3.45. The fourth-order valence-corrected chi connectivity index (χ4v) is 2.99. The Labute approximate surface area is 173 Å². The average molecular weight is 405 g/mol. The van der Waals surface area contributed by atoms with E-state index in [-0.39, 0.29) is 17.6 Å². The Morgan fingerprint density at radius 1 is 1.17 bits per heavy atom. The predicted octanol–water partition coefficient (Wildman–Crippen LogP) is 1.61. The normalized spacial score (nSPS) is 12.4. The molecule has 2 amide bonds. The summed E-state index contributed by atoms with van der Waals surface area (Å²) in [5.74, 6) is -1.24. The largest absolute Gasteiger partial charge is 0.398 e. The molecular weight excluding hydrogens is 382 g/mol. The van der Waals surface area contributed by atoms with Gasteiger partial charge in [-0.25, -0.2) is 4.98 Å². The van der Waals surface area contributed by atoms with E-state index in [1.54, 1.807) is 18.2 Å². The zero-order chi connectivity index (χ0) is 21.5. The second kappa shape index (κ2) is 9.48. The summed E-state index contributed by atoms with van der Waals surface area (Å²) in [5.41, 5.74) is 19.7. The number of nitrogens with one attached hydrogen (secondary N) is 2. The first-order chi connectivity index (χ1) is 14.5. The van der Waals surface area contributed by atoms with Gasteiger partial charge >= 0.3 is 5.91 Å². The lowest BCUT2D eigenvalue weighted by molar-refractivity contribution is -0.117. The number of carbonyl (C=O) groups excluding carboxylic acids is 2. The monoisotopic (exact) mass is 405 g/mol. The minimum absolute atomic E-state index is 0.0634. The molecule has 0 fully saturated rings. The maximum Gasteiger partial charge on any atom is 0.314 e. The van der Waals surface area contributed by atoms with Crippen molar-refractivity contribution >= 4 is 29.0 Å². The highest BCUT2D eigenvalue weighted by molar-refractivity contribution is 6.10. The van der Waals surface area contributed by atoms with Gasteiger partial charge in [0, 0.05) is 29.3 Å². The Morgan fingerprint density at radius 3 is 2.60 bits per heavy atom. The van der Waals surface area contributed by atoms with Gasteiger partial charge in [0.1, 0.15) is 5.84 Å². The molecule has 3 rings (SSSR count). The van der Waals surface area contributed by atoms with Crippen molar-refractivity contribution in [1.82, 2.24) is 9.97 Å². The molecule has 0 radical (unpaired) electrons. The molecular formula is C21H23N7O2. The van der Waals surface area contributed by atoms with Crippen molar-refractivity contribution in [2.45, 2.75) is 12.3 Å². The number of rotatable bonds is 7. The molecule has 30 heavy (non-hydrogen) atoms. The van der Waals surface area contributed by atoms with Crippen LogP contribution in [0.25, 0.3) is 0 Å². The molecule has 1 heterocycles. The number of aromatic nitrogens is 2. The number of amides is 2. The number of nitrogen functional groups attached to an aromatic ring is 1.